The van der Waals surface area contributed by atoms with Crippen LogP contribution in [0.4, 0.5) is 0 Å². The lowest BCUT2D eigenvalue weighted by molar-refractivity contribution is 0.0382. The minimum absolute atomic E-state index is 0.00550. The van der Waals surface area contributed by atoms with Gasteiger partial charge in [0.25, 0.3) is 0 Å². The van der Waals surface area contributed by atoms with E-state index in [9.17, 15) is 5.11 Å². The summed E-state index contributed by atoms with van der Waals surface area (Å²) >= 11 is 1.62. The highest BCUT2D eigenvalue weighted by Crippen LogP contribution is 2.29. The lowest BCUT2D eigenvalue weighted by atomic mass is 9.83. The lowest BCUT2D eigenvalue weighted by Crippen LogP contribution is -2.43. The Morgan fingerprint density at radius 3 is 3.20 bits per heavy atom. The van der Waals surface area contributed by atoms with Crippen LogP contribution in [0.5, 0.6) is 0 Å². The summed E-state index contributed by atoms with van der Waals surface area (Å²) in [5, 5.41) is 17.5. The molecule has 0 aromatic carbocycles. The van der Waals surface area contributed by atoms with E-state index in [-0.39, 0.29) is 12.0 Å². The average molecular weight is 293 g/mol. The fraction of sp³-hybridized carbons (Fsp3) is 0.571. The molecule has 1 aliphatic rings. The molecule has 1 atom stereocenters. The normalized spacial score (nSPS) is 24.1. The van der Waals surface area contributed by atoms with Crippen molar-refractivity contribution in [3.8, 4) is 11.4 Å². The first-order valence-corrected chi connectivity index (χ1v) is 7.81. The number of aromatic nitrogens is 2. The van der Waals surface area contributed by atoms with E-state index in [0.717, 1.165) is 31.5 Å². The van der Waals surface area contributed by atoms with E-state index in [1.54, 1.807) is 11.3 Å². The first-order valence-electron chi connectivity index (χ1n) is 6.87. The van der Waals surface area contributed by atoms with Crippen LogP contribution in [-0.4, -0.2) is 39.8 Å². The van der Waals surface area contributed by atoms with Crippen molar-refractivity contribution in [2.75, 3.05) is 19.7 Å². The predicted octanol–water partition coefficient (Wildman–Crippen LogP) is 2.39. The third kappa shape index (κ3) is 2.92. The molecular weight excluding hydrogens is 274 g/mol. The molecule has 0 bridgehead atoms. The van der Waals surface area contributed by atoms with Crippen LogP contribution < -0.4 is 0 Å². The van der Waals surface area contributed by atoms with Gasteiger partial charge < -0.3 is 9.63 Å². The van der Waals surface area contributed by atoms with Crippen LogP contribution in [0.3, 0.4) is 0 Å². The predicted molar refractivity (Wildman–Crippen MR) is 77.3 cm³/mol. The summed E-state index contributed by atoms with van der Waals surface area (Å²) in [5.74, 6) is 1.30. The van der Waals surface area contributed by atoms with Crippen molar-refractivity contribution in [1.82, 2.24) is 15.0 Å². The molecule has 108 valence electrons. The molecule has 1 aliphatic heterocycles. The van der Waals surface area contributed by atoms with E-state index < -0.39 is 0 Å². The SMILES string of the molecule is CC1(CO)CCCN(Cc2nc(-c3ccsc3)no2)C1. The molecule has 0 saturated carbocycles. The van der Waals surface area contributed by atoms with Gasteiger partial charge in [-0.2, -0.15) is 16.3 Å². The van der Waals surface area contributed by atoms with E-state index in [1.165, 1.54) is 0 Å². The molecule has 2 aromatic rings. The topological polar surface area (TPSA) is 62.4 Å². The molecule has 6 heteroatoms. The molecule has 1 saturated heterocycles. The highest BCUT2D eigenvalue weighted by Gasteiger charge is 2.31. The van der Waals surface area contributed by atoms with Gasteiger partial charge in [-0.1, -0.05) is 12.1 Å². The monoisotopic (exact) mass is 293 g/mol. The number of aliphatic hydroxyl groups excluding tert-OH is 1. The molecule has 0 spiro atoms. The van der Waals surface area contributed by atoms with Gasteiger partial charge in [0.2, 0.25) is 11.7 Å². The Morgan fingerprint density at radius 2 is 2.45 bits per heavy atom. The minimum Gasteiger partial charge on any atom is -0.396 e. The molecule has 2 aromatic heterocycles. The minimum atomic E-state index is -0.00550. The molecule has 3 rings (SSSR count). The highest BCUT2D eigenvalue weighted by molar-refractivity contribution is 7.08. The quantitative estimate of drug-likeness (QED) is 0.938. The van der Waals surface area contributed by atoms with E-state index in [2.05, 4.69) is 22.0 Å². The van der Waals surface area contributed by atoms with Crippen LogP contribution in [0.2, 0.25) is 0 Å². The Morgan fingerprint density at radius 1 is 1.55 bits per heavy atom. The van der Waals surface area contributed by atoms with Crippen molar-refractivity contribution in [1.29, 1.82) is 0 Å². The summed E-state index contributed by atoms with van der Waals surface area (Å²) in [6.07, 6.45) is 2.17. The number of aliphatic hydroxyl groups is 1. The van der Waals surface area contributed by atoms with Crippen LogP contribution >= 0.6 is 11.3 Å². The summed E-state index contributed by atoms with van der Waals surface area (Å²) in [4.78, 5) is 6.73. The fourth-order valence-electron chi connectivity index (χ4n) is 2.71. The van der Waals surface area contributed by atoms with E-state index in [4.69, 9.17) is 4.52 Å². The second-order valence-corrected chi connectivity index (χ2v) is 6.59. The maximum Gasteiger partial charge on any atom is 0.241 e. The Bertz CT molecular complexity index is 555. The Hall–Kier alpha value is -1.24. The molecule has 1 fully saturated rings. The van der Waals surface area contributed by atoms with Gasteiger partial charge in [0.1, 0.15) is 0 Å². The first-order chi connectivity index (χ1) is 9.68. The maximum absolute atomic E-state index is 9.49. The van der Waals surface area contributed by atoms with E-state index in [1.807, 2.05) is 16.8 Å². The smallest absolute Gasteiger partial charge is 0.241 e. The van der Waals surface area contributed by atoms with Crippen LogP contribution in [0.1, 0.15) is 25.7 Å². The van der Waals surface area contributed by atoms with Gasteiger partial charge in [-0.3, -0.25) is 4.90 Å². The van der Waals surface area contributed by atoms with Crippen LogP contribution in [-0.2, 0) is 6.54 Å². The highest BCUT2D eigenvalue weighted by atomic mass is 32.1. The zero-order valence-electron chi connectivity index (χ0n) is 11.6. The molecule has 5 nitrogen and oxygen atoms in total. The molecule has 1 N–H and O–H groups in total. The molecule has 0 radical (unpaired) electrons. The van der Waals surface area contributed by atoms with Crippen molar-refractivity contribution in [3.05, 3.63) is 22.7 Å². The lowest BCUT2D eigenvalue weighted by Gasteiger charge is -2.38. The zero-order valence-corrected chi connectivity index (χ0v) is 12.4. The van der Waals surface area contributed by atoms with E-state index in [0.29, 0.717) is 18.3 Å². The number of thiophene rings is 1. The van der Waals surface area contributed by atoms with E-state index >= 15 is 0 Å². The molecule has 0 amide bonds. The number of nitrogens with zero attached hydrogens (tertiary/aromatic N) is 3. The molecule has 20 heavy (non-hydrogen) atoms. The van der Waals surface area contributed by atoms with Crippen molar-refractivity contribution in [3.63, 3.8) is 0 Å². The number of likely N-dealkylation sites (tertiary alicyclic amines) is 1. The summed E-state index contributed by atoms with van der Waals surface area (Å²) < 4.78 is 5.33. The summed E-state index contributed by atoms with van der Waals surface area (Å²) in [6.45, 7) is 4.91. The van der Waals surface area contributed by atoms with Crippen LogP contribution in [0.15, 0.2) is 21.3 Å². The zero-order chi connectivity index (χ0) is 14.0. The summed E-state index contributed by atoms with van der Waals surface area (Å²) in [7, 11) is 0. The van der Waals surface area contributed by atoms with Crippen LogP contribution in [0.25, 0.3) is 11.4 Å². The molecular formula is C14H19N3O2S. The Balaban J connectivity index is 1.66. The number of rotatable bonds is 4. The third-order valence-corrected chi connectivity index (χ3v) is 4.53. The standard InChI is InChI=1S/C14H19N3O2S/c1-14(10-18)4-2-5-17(9-14)7-12-15-13(16-19-12)11-3-6-20-8-11/h3,6,8,18H,2,4-5,7,9-10H2,1H3. The van der Waals surface area contributed by atoms with Gasteiger partial charge in [0, 0.05) is 29.5 Å². The van der Waals surface area contributed by atoms with Gasteiger partial charge in [0.05, 0.1) is 6.54 Å². The summed E-state index contributed by atoms with van der Waals surface area (Å²) in [6, 6.07) is 1.99. The van der Waals surface area contributed by atoms with Gasteiger partial charge >= 0.3 is 0 Å². The maximum atomic E-state index is 9.49. The van der Waals surface area contributed by atoms with Gasteiger partial charge in [0.15, 0.2) is 0 Å². The van der Waals surface area contributed by atoms with Gasteiger partial charge in [-0.05, 0) is 30.8 Å². The first kappa shape index (κ1) is 13.7. The summed E-state index contributed by atoms with van der Waals surface area (Å²) in [5.41, 5.74) is 0.998. The second kappa shape index (κ2) is 5.63. The molecule has 3 heterocycles. The van der Waals surface area contributed by atoms with Crippen molar-refractivity contribution in [2.24, 2.45) is 5.41 Å². The number of hydrogen-bond donors (Lipinski definition) is 1. The van der Waals surface area contributed by atoms with Crippen molar-refractivity contribution >= 4 is 11.3 Å². The van der Waals surface area contributed by atoms with Gasteiger partial charge in [-0.15, -0.1) is 0 Å². The Labute approximate surface area is 122 Å². The second-order valence-electron chi connectivity index (χ2n) is 5.81. The average Bonchev–Trinajstić information content (AvgIpc) is 3.09. The number of hydrogen-bond acceptors (Lipinski definition) is 6. The third-order valence-electron chi connectivity index (χ3n) is 3.85. The molecule has 0 aliphatic carbocycles. The number of piperidine rings is 1. The van der Waals surface area contributed by atoms with Crippen molar-refractivity contribution < 1.29 is 9.63 Å². The van der Waals surface area contributed by atoms with Crippen molar-refractivity contribution in [2.45, 2.75) is 26.3 Å². The largest absolute Gasteiger partial charge is 0.396 e. The van der Waals surface area contributed by atoms with Crippen LogP contribution in [0, 0.1) is 5.41 Å². The van der Waals surface area contributed by atoms with Gasteiger partial charge in [-0.25, -0.2) is 0 Å². The fourth-order valence-corrected chi connectivity index (χ4v) is 3.35. The Kier molecular flexibility index (Phi) is 3.87. The molecule has 1 unspecified atom stereocenters.